The van der Waals surface area contributed by atoms with Gasteiger partial charge in [0, 0.05) is 24.8 Å². The van der Waals surface area contributed by atoms with E-state index in [2.05, 4.69) is 10.1 Å². The fourth-order valence-corrected chi connectivity index (χ4v) is 3.52. The summed E-state index contributed by atoms with van der Waals surface area (Å²) < 4.78 is 1.73. The van der Waals surface area contributed by atoms with Crippen LogP contribution in [0.4, 0.5) is 0 Å². The molecule has 2 atom stereocenters. The fraction of sp³-hybridized carbons (Fsp3) is 0.500. The normalized spacial score (nSPS) is 19.1. The van der Waals surface area contributed by atoms with Gasteiger partial charge in [-0.05, 0) is 57.7 Å². The van der Waals surface area contributed by atoms with Gasteiger partial charge in [0.25, 0.3) is 5.91 Å². The van der Waals surface area contributed by atoms with Crippen LogP contribution in [0.15, 0.2) is 18.2 Å². The van der Waals surface area contributed by atoms with Crippen molar-refractivity contribution >= 4 is 17.5 Å². The van der Waals surface area contributed by atoms with Gasteiger partial charge in [-0.2, -0.15) is 5.10 Å². The average molecular weight is 362 g/mol. The Labute approximate surface area is 153 Å². The number of carbonyl (C=O) groups is 1. The van der Waals surface area contributed by atoms with Crippen LogP contribution in [-0.2, 0) is 0 Å². The summed E-state index contributed by atoms with van der Waals surface area (Å²) in [5.41, 5.74) is 8.16. The summed E-state index contributed by atoms with van der Waals surface area (Å²) in [7, 11) is 0. The molecule has 25 heavy (non-hydrogen) atoms. The van der Waals surface area contributed by atoms with Gasteiger partial charge in [-0.15, -0.1) is 0 Å². The second-order valence-electron chi connectivity index (χ2n) is 6.85. The number of halogens is 1. The van der Waals surface area contributed by atoms with Gasteiger partial charge >= 0.3 is 0 Å². The van der Waals surface area contributed by atoms with E-state index in [0.29, 0.717) is 29.8 Å². The number of aromatic nitrogens is 3. The van der Waals surface area contributed by atoms with Gasteiger partial charge < -0.3 is 10.6 Å². The number of hydrogen-bond acceptors (Lipinski definition) is 4. The molecule has 3 heterocycles. The Balaban J connectivity index is 1.90. The molecule has 1 aliphatic rings. The summed E-state index contributed by atoms with van der Waals surface area (Å²) >= 11 is 6.28. The van der Waals surface area contributed by atoms with Crippen LogP contribution in [-0.4, -0.2) is 44.7 Å². The molecule has 1 amide bonds. The van der Waals surface area contributed by atoms with Gasteiger partial charge in [-0.3, -0.25) is 4.79 Å². The average Bonchev–Trinajstić information content (AvgIpc) is 2.93. The van der Waals surface area contributed by atoms with E-state index in [9.17, 15) is 4.79 Å². The number of nitrogens with two attached hydrogens (primary N) is 1. The second kappa shape index (κ2) is 7.14. The van der Waals surface area contributed by atoms with Crippen molar-refractivity contribution in [1.82, 2.24) is 19.7 Å². The van der Waals surface area contributed by atoms with Crippen molar-refractivity contribution in [3.05, 3.63) is 40.3 Å². The highest BCUT2D eigenvalue weighted by atomic mass is 35.5. The molecule has 2 aromatic rings. The van der Waals surface area contributed by atoms with E-state index < -0.39 is 0 Å². The van der Waals surface area contributed by atoms with Crippen molar-refractivity contribution in [2.45, 2.75) is 39.7 Å². The standard InChI is InChI=1S/C18H24ClN5O/c1-11-9-12(2)24(22-11)16-7-6-15(19)17(21-16)18(25)23-8-4-5-14(10-23)13(3)20/h6-7,9,13-14H,4-5,8,10,20H2,1-3H3/t13-,14+/m0/s1. The van der Waals surface area contributed by atoms with Gasteiger partial charge in [0.05, 0.1) is 10.7 Å². The van der Waals surface area contributed by atoms with Gasteiger partial charge in [0.1, 0.15) is 5.69 Å². The van der Waals surface area contributed by atoms with E-state index in [1.807, 2.05) is 31.7 Å². The maximum absolute atomic E-state index is 13.0. The summed E-state index contributed by atoms with van der Waals surface area (Å²) in [5, 5.41) is 4.79. The Bertz CT molecular complexity index is 786. The first kappa shape index (κ1) is 17.9. The topological polar surface area (TPSA) is 77.0 Å². The third-order valence-corrected chi connectivity index (χ3v) is 5.05. The number of rotatable bonds is 3. The quantitative estimate of drug-likeness (QED) is 0.911. The molecule has 0 aromatic carbocycles. The molecule has 1 aliphatic heterocycles. The van der Waals surface area contributed by atoms with Crippen LogP contribution in [0.2, 0.25) is 5.02 Å². The molecule has 2 aromatic heterocycles. The lowest BCUT2D eigenvalue weighted by atomic mass is 9.92. The first-order valence-electron chi connectivity index (χ1n) is 8.62. The van der Waals surface area contributed by atoms with Crippen LogP contribution in [0.25, 0.3) is 5.82 Å². The first-order valence-corrected chi connectivity index (χ1v) is 8.99. The Morgan fingerprint density at radius 2 is 2.16 bits per heavy atom. The highest BCUT2D eigenvalue weighted by molar-refractivity contribution is 6.33. The summed E-state index contributed by atoms with van der Waals surface area (Å²) in [4.78, 5) is 19.3. The Hall–Kier alpha value is -1.92. The summed E-state index contributed by atoms with van der Waals surface area (Å²) in [6, 6.07) is 5.52. The van der Waals surface area contributed by atoms with Crippen LogP contribution >= 0.6 is 11.6 Å². The van der Waals surface area contributed by atoms with Crippen LogP contribution in [0.3, 0.4) is 0 Å². The maximum Gasteiger partial charge on any atom is 0.274 e. The lowest BCUT2D eigenvalue weighted by Gasteiger charge is -2.34. The number of aryl methyl sites for hydroxylation is 2. The molecule has 0 unspecified atom stereocenters. The van der Waals surface area contributed by atoms with E-state index >= 15 is 0 Å². The SMILES string of the molecule is Cc1cc(C)n(-c2ccc(Cl)c(C(=O)N3CCC[C@@H]([C@H](C)N)C3)n2)n1. The molecule has 0 bridgehead atoms. The van der Waals surface area contributed by atoms with E-state index in [0.717, 1.165) is 24.2 Å². The predicted octanol–water partition coefficient (Wildman–Crippen LogP) is 2.74. The van der Waals surface area contributed by atoms with Gasteiger partial charge in [-0.1, -0.05) is 11.6 Å². The maximum atomic E-state index is 13.0. The Morgan fingerprint density at radius 3 is 2.80 bits per heavy atom. The zero-order chi connectivity index (χ0) is 18.1. The van der Waals surface area contributed by atoms with Gasteiger partial charge in [-0.25, -0.2) is 9.67 Å². The molecular formula is C18H24ClN5O. The highest BCUT2D eigenvalue weighted by Crippen LogP contribution is 2.24. The van der Waals surface area contributed by atoms with Crippen molar-refractivity contribution in [2.75, 3.05) is 13.1 Å². The monoisotopic (exact) mass is 361 g/mol. The molecule has 0 aliphatic carbocycles. The molecule has 1 fully saturated rings. The van der Waals surface area contributed by atoms with E-state index in [-0.39, 0.29) is 17.6 Å². The number of amides is 1. The predicted molar refractivity (Wildman–Crippen MR) is 98.1 cm³/mol. The lowest BCUT2D eigenvalue weighted by molar-refractivity contribution is 0.0655. The summed E-state index contributed by atoms with van der Waals surface area (Å²) in [6.45, 7) is 7.24. The molecule has 7 heteroatoms. The molecule has 3 rings (SSSR count). The summed E-state index contributed by atoms with van der Waals surface area (Å²) in [6.07, 6.45) is 2.00. The second-order valence-corrected chi connectivity index (χ2v) is 7.26. The van der Waals surface area contributed by atoms with Crippen molar-refractivity contribution in [3.63, 3.8) is 0 Å². The van der Waals surface area contributed by atoms with Crippen LogP contribution in [0.5, 0.6) is 0 Å². The van der Waals surface area contributed by atoms with Crippen molar-refractivity contribution < 1.29 is 4.79 Å². The largest absolute Gasteiger partial charge is 0.337 e. The van der Waals surface area contributed by atoms with Crippen molar-refractivity contribution in [3.8, 4) is 5.82 Å². The zero-order valence-corrected chi connectivity index (χ0v) is 15.6. The van der Waals surface area contributed by atoms with E-state index in [4.69, 9.17) is 17.3 Å². The minimum absolute atomic E-state index is 0.0695. The number of nitrogens with zero attached hydrogens (tertiary/aromatic N) is 4. The third kappa shape index (κ3) is 3.70. The van der Waals surface area contributed by atoms with Crippen LogP contribution < -0.4 is 5.73 Å². The number of hydrogen-bond donors (Lipinski definition) is 1. The van der Waals surface area contributed by atoms with Crippen molar-refractivity contribution in [2.24, 2.45) is 11.7 Å². The molecule has 6 nitrogen and oxygen atoms in total. The minimum atomic E-state index is -0.140. The summed E-state index contributed by atoms with van der Waals surface area (Å²) in [5.74, 6) is 0.772. The fourth-order valence-electron chi connectivity index (χ4n) is 3.33. The molecule has 0 spiro atoms. The molecule has 2 N–H and O–H groups in total. The smallest absolute Gasteiger partial charge is 0.274 e. The molecule has 0 saturated carbocycles. The minimum Gasteiger partial charge on any atom is -0.337 e. The number of carbonyl (C=O) groups excluding carboxylic acids is 1. The van der Waals surface area contributed by atoms with Gasteiger partial charge in [0.15, 0.2) is 5.82 Å². The van der Waals surface area contributed by atoms with E-state index in [1.165, 1.54) is 0 Å². The van der Waals surface area contributed by atoms with Gasteiger partial charge in [0.2, 0.25) is 0 Å². The number of likely N-dealkylation sites (tertiary alicyclic amines) is 1. The van der Waals surface area contributed by atoms with Crippen LogP contribution in [0, 0.1) is 19.8 Å². The zero-order valence-electron chi connectivity index (χ0n) is 14.9. The first-order chi connectivity index (χ1) is 11.9. The highest BCUT2D eigenvalue weighted by Gasteiger charge is 2.28. The van der Waals surface area contributed by atoms with Crippen molar-refractivity contribution in [1.29, 1.82) is 0 Å². The number of piperidine rings is 1. The molecular weight excluding hydrogens is 338 g/mol. The molecule has 134 valence electrons. The van der Waals surface area contributed by atoms with E-state index in [1.54, 1.807) is 16.8 Å². The number of pyridine rings is 1. The lowest BCUT2D eigenvalue weighted by Crippen LogP contribution is -2.45. The third-order valence-electron chi connectivity index (χ3n) is 4.75. The van der Waals surface area contributed by atoms with Crippen LogP contribution in [0.1, 0.15) is 41.6 Å². The Morgan fingerprint density at radius 1 is 1.40 bits per heavy atom. The Kier molecular flexibility index (Phi) is 5.11. The molecule has 1 saturated heterocycles. The molecule has 0 radical (unpaired) electrons.